The van der Waals surface area contributed by atoms with Gasteiger partial charge in [0.2, 0.25) is 5.91 Å². The topological polar surface area (TPSA) is 130 Å². The summed E-state index contributed by atoms with van der Waals surface area (Å²) in [4.78, 5) is 24.7. The van der Waals surface area contributed by atoms with Crippen LogP contribution >= 0.6 is 0 Å². The number of nitrogens with zero attached hydrogens (tertiary/aromatic N) is 4. The van der Waals surface area contributed by atoms with Crippen molar-refractivity contribution in [3.05, 3.63) is 90.5 Å². The van der Waals surface area contributed by atoms with E-state index < -0.39 is 0 Å². The molecule has 0 spiro atoms. The Balaban J connectivity index is 0.000000369. The number of hydrogen-bond acceptors (Lipinski definition) is 9. The number of aromatic nitrogens is 2. The molecule has 10 heteroatoms. The van der Waals surface area contributed by atoms with Crippen LogP contribution in [0.15, 0.2) is 84.9 Å². The first-order valence-electron chi connectivity index (χ1n) is 16.0. The lowest BCUT2D eigenvalue weighted by molar-refractivity contribution is -0.130. The molecule has 0 aliphatic carbocycles. The van der Waals surface area contributed by atoms with Crippen molar-refractivity contribution < 1.29 is 14.3 Å². The number of fused-ring (bicyclic) bond motifs is 1. The van der Waals surface area contributed by atoms with E-state index in [4.69, 9.17) is 30.6 Å². The number of ether oxygens (including phenoxy) is 2. The number of likely N-dealkylation sites (N-methyl/N-ethyl adjacent to an activating group) is 1. The molecule has 1 aliphatic rings. The quantitative estimate of drug-likeness (QED) is 0.126. The lowest BCUT2D eigenvalue weighted by Crippen LogP contribution is -2.46. The number of nitrogen functional groups attached to an aromatic ring is 1. The number of carbonyl (C=O) groups is 1. The van der Waals surface area contributed by atoms with Crippen molar-refractivity contribution in [1.29, 1.82) is 5.41 Å². The van der Waals surface area contributed by atoms with Gasteiger partial charge in [0, 0.05) is 73.3 Å². The van der Waals surface area contributed by atoms with Crippen LogP contribution in [0.3, 0.4) is 0 Å². The van der Waals surface area contributed by atoms with Gasteiger partial charge in [0.1, 0.15) is 5.82 Å². The first-order valence-corrected chi connectivity index (χ1v) is 16.0. The van der Waals surface area contributed by atoms with Gasteiger partial charge < -0.3 is 35.7 Å². The number of piperazine rings is 1. The number of amides is 1. The molecule has 48 heavy (non-hydrogen) atoms. The van der Waals surface area contributed by atoms with Gasteiger partial charge in [-0.1, -0.05) is 62.4 Å². The Kier molecular flexibility index (Phi) is 12.5. The maximum atomic E-state index is 10.8. The Morgan fingerprint density at radius 2 is 1.48 bits per heavy atom. The van der Waals surface area contributed by atoms with Crippen molar-refractivity contribution in [2.24, 2.45) is 0 Å². The fourth-order valence-electron chi connectivity index (χ4n) is 5.18. The van der Waals surface area contributed by atoms with Crippen molar-refractivity contribution >= 4 is 40.2 Å². The molecule has 0 bridgehead atoms. The summed E-state index contributed by atoms with van der Waals surface area (Å²) in [7, 11) is 5.27. The van der Waals surface area contributed by atoms with Gasteiger partial charge in [-0.05, 0) is 48.5 Å². The van der Waals surface area contributed by atoms with Crippen molar-refractivity contribution in [1.82, 2.24) is 19.8 Å². The van der Waals surface area contributed by atoms with Crippen LogP contribution in [0, 0.1) is 5.41 Å². The molecule has 1 aliphatic heterocycles. The van der Waals surface area contributed by atoms with Crippen molar-refractivity contribution in [2.45, 2.75) is 20.8 Å². The van der Waals surface area contributed by atoms with Crippen LogP contribution in [0.25, 0.3) is 33.4 Å². The maximum Gasteiger partial charge on any atom is 0.219 e. The normalized spacial score (nSPS) is 12.6. The van der Waals surface area contributed by atoms with Gasteiger partial charge in [0.15, 0.2) is 17.3 Å². The molecule has 2 heterocycles. The third-order valence-electron chi connectivity index (χ3n) is 7.88. The summed E-state index contributed by atoms with van der Waals surface area (Å²) in [6.45, 7) is 9.45. The van der Waals surface area contributed by atoms with Crippen molar-refractivity contribution in [3.63, 3.8) is 0 Å². The molecule has 0 radical (unpaired) electrons. The Morgan fingerprint density at radius 1 is 0.833 bits per heavy atom. The average molecular weight is 648 g/mol. The fourth-order valence-corrected chi connectivity index (χ4v) is 5.18. The first kappa shape index (κ1) is 35.4. The second kappa shape index (κ2) is 16.9. The smallest absolute Gasteiger partial charge is 0.219 e. The summed E-state index contributed by atoms with van der Waals surface area (Å²) in [5.74, 6) is 2.53. The third kappa shape index (κ3) is 8.65. The molecule has 1 amide bonds. The van der Waals surface area contributed by atoms with Gasteiger partial charge in [-0.3, -0.25) is 4.79 Å². The van der Waals surface area contributed by atoms with Gasteiger partial charge in [-0.2, -0.15) is 0 Å². The minimum absolute atomic E-state index is 0.202. The molecule has 0 saturated carbocycles. The molecule has 0 unspecified atom stereocenters. The van der Waals surface area contributed by atoms with Crippen LogP contribution in [-0.2, 0) is 4.79 Å². The van der Waals surface area contributed by atoms with Gasteiger partial charge in [0.25, 0.3) is 0 Å². The number of nitrogens with one attached hydrogen (secondary N) is 2. The molecule has 10 nitrogen and oxygen atoms in total. The lowest BCUT2D eigenvalue weighted by atomic mass is 10.0. The number of hydrogen-bond donors (Lipinski definition) is 3. The second-order valence-corrected chi connectivity index (χ2v) is 11.0. The highest BCUT2D eigenvalue weighted by Crippen LogP contribution is 2.37. The highest BCUT2D eigenvalue weighted by Gasteiger charge is 2.16. The maximum absolute atomic E-state index is 10.8. The van der Waals surface area contributed by atoms with E-state index >= 15 is 0 Å². The Morgan fingerprint density at radius 3 is 2.12 bits per heavy atom. The molecule has 0 atom stereocenters. The summed E-state index contributed by atoms with van der Waals surface area (Å²) >= 11 is 0. The molecule has 1 saturated heterocycles. The minimum Gasteiger partial charge on any atom is -0.493 e. The van der Waals surface area contributed by atoms with Crippen molar-refractivity contribution in [3.8, 4) is 34.0 Å². The van der Waals surface area contributed by atoms with E-state index in [9.17, 15) is 4.79 Å². The summed E-state index contributed by atoms with van der Waals surface area (Å²) in [6, 6.07) is 27.5. The summed E-state index contributed by atoms with van der Waals surface area (Å²) in [5.41, 5.74) is 11.7. The standard InChI is InChI=1S/C29H25N5O2.C7H14N2O.C2H6/c1-35-26-15-23-25(16-27(26)36-2)33-28(20-10-6-9-19(13-20)18-7-4-3-5-8-18)34-29(23)32-22-11-12-24(31)21(14-22)17-30;1-7(10)9-5-3-8(2)4-6-9;1-2/h3-17,30H,31H2,1-2H3,(H,32,33,34);3-6H2,1-2H3;1-2H3. The third-order valence-corrected chi connectivity index (χ3v) is 7.88. The summed E-state index contributed by atoms with van der Waals surface area (Å²) < 4.78 is 11.1. The second-order valence-electron chi connectivity index (χ2n) is 11.0. The lowest BCUT2D eigenvalue weighted by Gasteiger charge is -2.31. The average Bonchev–Trinajstić information content (AvgIpc) is 3.13. The Labute approximate surface area is 283 Å². The van der Waals surface area contributed by atoms with Crippen LogP contribution in [-0.4, -0.2) is 79.3 Å². The fraction of sp³-hybridized carbons (Fsp3) is 0.263. The zero-order valence-electron chi connectivity index (χ0n) is 28.6. The monoisotopic (exact) mass is 647 g/mol. The molecule has 4 N–H and O–H groups in total. The predicted octanol–water partition coefficient (Wildman–Crippen LogP) is 7.11. The van der Waals surface area contributed by atoms with Crippen LogP contribution in [0.2, 0.25) is 0 Å². The van der Waals surface area contributed by atoms with E-state index in [1.54, 1.807) is 27.2 Å². The predicted molar refractivity (Wildman–Crippen MR) is 197 cm³/mol. The van der Waals surface area contributed by atoms with E-state index in [0.29, 0.717) is 39.9 Å². The Hall–Kier alpha value is -5.48. The molecule has 6 rings (SSSR count). The first-order chi connectivity index (χ1) is 23.3. The molecule has 1 fully saturated rings. The molecule has 5 aromatic rings. The van der Waals surface area contributed by atoms with Gasteiger partial charge in [0.05, 0.1) is 19.7 Å². The summed E-state index contributed by atoms with van der Waals surface area (Å²) in [6.07, 6.45) is 1.23. The van der Waals surface area contributed by atoms with Crippen LogP contribution in [0.1, 0.15) is 26.3 Å². The van der Waals surface area contributed by atoms with Gasteiger partial charge in [-0.25, -0.2) is 9.97 Å². The molecule has 4 aromatic carbocycles. The van der Waals surface area contributed by atoms with Crippen LogP contribution < -0.4 is 20.5 Å². The zero-order valence-corrected chi connectivity index (χ0v) is 28.6. The highest BCUT2D eigenvalue weighted by molar-refractivity contribution is 5.95. The van der Waals surface area contributed by atoms with Crippen LogP contribution in [0.4, 0.5) is 17.2 Å². The number of rotatable bonds is 7. The number of anilines is 3. The summed E-state index contributed by atoms with van der Waals surface area (Å²) in [5, 5.41) is 11.8. The SMILES string of the molecule is CC.CC(=O)N1CCN(C)CC1.COc1cc2nc(-c3cccc(-c4ccccc4)c3)nc(Nc3ccc(N)c(C=N)c3)c2cc1OC. The zero-order chi connectivity index (χ0) is 34.6. The highest BCUT2D eigenvalue weighted by atomic mass is 16.5. The largest absolute Gasteiger partial charge is 0.493 e. The number of nitrogens with two attached hydrogens (primary N) is 1. The van der Waals surface area contributed by atoms with Crippen molar-refractivity contribution in [2.75, 3.05) is 58.5 Å². The number of methoxy groups -OCH3 is 2. The van der Waals surface area contributed by atoms with E-state index in [1.165, 1.54) is 6.21 Å². The molecular formula is C38H45N7O3. The minimum atomic E-state index is 0.202. The van der Waals surface area contributed by atoms with Gasteiger partial charge in [-0.15, -0.1) is 0 Å². The number of carbonyl (C=O) groups excluding carboxylic acids is 1. The molecule has 250 valence electrons. The number of benzene rings is 4. The van der Waals surface area contributed by atoms with Crippen LogP contribution in [0.5, 0.6) is 11.5 Å². The van der Waals surface area contributed by atoms with E-state index in [2.05, 4.69) is 41.5 Å². The molecule has 1 aromatic heterocycles. The Bertz CT molecular complexity index is 1840. The van der Waals surface area contributed by atoms with E-state index in [-0.39, 0.29) is 5.91 Å². The van der Waals surface area contributed by atoms with E-state index in [0.717, 1.165) is 53.9 Å². The van der Waals surface area contributed by atoms with Gasteiger partial charge >= 0.3 is 0 Å². The van der Waals surface area contributed by atoms with E-state index in [1.807, 2.05) is 73.3 Å². The molecular weight excluding hydrogens is 602 g/mol.